The number of hydrogen-bond donors (Lipinski definition) is 2. The first-order chi connectivity index (χ1) is 10.9. The summed E-state index contributed by atoms with van der Waals surface area (Å²) in [6, 6.07) is -1.20. The number of amides is 2. The van der Waals surface area contributed by atoms with Gasteiger partial charge in [-0.05, 0) is 32.2 Å². The molecule has 3 atom stereocenters. The van der Waals surface area contributed by atoms with Gasteiger partial charge in [0.2, 0.25) is 0 Å². The van der Waals surface area contributed by atoms with Gasteiger partial charge in [0.25, 0.3) is 0 Å². The Morgan fingerprint density at radius 2 is 2.22 bits per heavy atom. The fourth-order valence-electron chi connectivity index (χ4n) is 3.33. The maximum atomic E-state index is 12.3. The van der Waals surface area contributed by atoms with Crippen LogP contribution in [-0.4, -0.2) is 66.0 Å². The lowest BCUT2D eigenvalue weighted by Crippen LogP contribution is -2.45. The maximum absolute atomic E-state index is 12.3. The van der Waals surface area contributed by atoms with Gasteiger partial charge in [0, 0.05) is 13.0 Å². The van der Waals surface area contributed by atoms with Crippen molar-refractivity contribution in [2.24, 2.45) is 10.9 Å². The predicted octanol–water partition coefficient (Wildman–Crippen LogP) is -0.127. The zero-order valence-corrected chi connectivity index (χ0v) is 13.3. The summed E-state index contributed by atoms with van der Waals surface area (Å²) in [5.74, 6) is 0. The minimum absolute atomic E-state index is 0.0193. The van der Waals surface area contributed by atoms with E-state index in [1.165, 1.54) is 4.90 Å². The number of oxime groups is 1. The molecule has 3 heterocycles. The second-order valence-electron chi connectivity index (χ2n) is 5.96. The number of fused-ring (bicyclic) bond motifs is 2. The molecule has 0 aromatic heterocycles. The standard InChI is InChI=1S/C12H20N4O6S/c13-5-1-2-9-6-10(14-21-9)11-4-3-8-7-15(11)12(17)16(8)22-23(18,19)20/h8-9,11H,1-7,13H2,(H,18,19,20)/t8-,9?,11+/m1/s1. The Kier molecular flexibility index (Phi) is 4.45. The number of nitrogens with zero attached hydrogens (tertiary/aromatic N) is 3. The Morgan fingerprint density at radius 1 is 1.43 bits per heavy atom. The van der Waals surface area contributed by atoms with Crippen LogP contribution in [0.4, 0.5) is 4.79 Å². The number of piperidine rings is 1. The largest absolute Gasteiger partial charge is 0.418 e. The van der Waals surface area contributed by atoms with Gasteiger partial charge in [-0.3, -0.25) is 4.55 Å². The Morgan fingerprint density at radius 3 is 2.91 bits per heavy atom. The van der Waals surface area contributed by atoms with E-state index in [1.807, 2.05) is 0 Å². The van der Waals surface area contributed by atoms with Crippen LogP contribution in [0, 0.1) is 0 Å². The molecule has 2 amide bonds. The average Bonchev–Trinajstić information content (AvgIpc) is 3.04. The number of hydroxylamine groups is 2. The third kappa shape index (κ3) is 3.42. The fraction of sp³-hybridized carbons (Fsp3) is 0.833. The van der Waals surface area contributed by atoms with Gasteiger partial charge >= 0.3 is 16.4 Å². The average molecular weight is 348 g/mol. The van der Waals surface area contributed by atoms with Gasteiger partial charge in [-0.2, -0.15) is 13.5 Å². The third-order valence-corrected chi connectivity index (χ3v) is 4.72. The zero-order chi connectivity index (χ0) is 16.6. The molecular formula is C12H20N4O6S. The van der Waals surface area contributed by atoms with E-state index in [4.69, 9.17) is 15.1 Å². The topological polar surface area (TPSA) is 135 Å². The normalized spacial score (nSPS) is 30.6. The van der Waals surface area contributed by atoms with E-state index >= 15 is 0 Å². The lowest BCUT2D eigenvalue weighted by Gasteiger charge is -2.29. The molecule has 3 N–H and O–H groups in total. The van der Waals surface area contributed by atoms with Gasteiger partial charge in [0.05, 0.1) is 17.8 Å². The number of carbonyl (C=O) groups is 1. The number of carbonyl (C=O) groups excluding carboxylic acids is 1. The Bertz CT molecular complexity index is 609. The van der Waals surface area contributed by atoms with Gasteiger partial charge in [0.15, 0.2) is 0 Å². The van der Waals surface area contributed by atoms with Crippen molar-refractivity contribution in [2.75, 3.05) is 13.1 Å². The van der Waals surface area contributed by atoms with Crippen LogP contribution in [0.3, 0.4) is 0 Å². The molecule has 0 aromatic carbocycles. The molecule has 3 rings (SSSR count). The van der Waals surface area contributed by atoms with Gasteiger partial charge in [-0.25, -0.2) is 4.79 Å². The van der Waals surface area contributed by atoms with Crippen molar-refractivity contribution in [1.82, 2.24) is 9.96 Å². The smallest absolute Gasteiger partial charge is 0.392 e. The molecule has 130 valence electrons. The SMILES string of the molecule is NCCCC1CC([C@@H]2CC[C@@H]3CN2C(=O)N3OS(=O)(=O)O)=NO1. The highest BCUT2D eigenvalue weighted by atomic mass is 32.3. The highest BCUT2D eigenvalue weighted by Crippen LogP contribution is 2.33. The molecule has 23 heavy (non-hydrogen) atoms. The van der Waals surface area contributed by atoms with Gasteiger partial charge in [0.1, 0.15) is 6.10 Å². The summed E-state index contributed by atoms with van der Waals surface area (Å²) in [6.45, 7) is 0.929. The molecule has 1 unspecified atom stereocenters. The Balaban J connectivity index is 1.65. The van der Waals surface area contributed by atoms with E-state index in [9.17, 15) is 13.2 Å². The molecule has 10 nitrogen and oxygen atoms in total. The first-order valence-corrected chi connectivity index (χ1v) is 8.95. The second kappa shape index (κ2) is 6.23. The molecule has 0 aromatic rings. The summed E-state index contributed by atoms with van der Waals surface area (Å²) < 4.78 is 34.9. The van der Waals surface area contributed by atoms with Crippen LogP contribution in [-0.2, 0) is 19.5 Å². The van der Waals surface area contributed by atoms with E-state index in [2.05, 4.69) is 9.44 Å². The highest BCUT2D eigenvalue weighted by Gasteiger charge is 2.49. The summed E-state index contributed by atoms with van der Waals surface area (Å²) in [5, 5.41) is 4.83. The van der Waals surface area contributed by atoms with E-state index in [1.54, 1.807) is 0 Å². The van der Waals surface area contributed by atoms with Crippen molar-refractivity contribution in [2.45, 2.75) is 50.3 Å². The summed E-state index contributed by atoms with van der Waals surface area (Å²) >= 11 is 0. The summed E-state index contributed by atoms with van der Waals surface area (Å²) in [6.07, 6.45) is 3.49. The number of nitrogens with two attached hydrogens (primary N) is 1. The van der Waals surface area contributed by atoms with Crippen LogP contribution < -0.4 is 5.73 Å². The molecule has 3 aliphatic heterocycles. The minimum Gasteiger partial charge on any atom is -0.392 e. The molecule has 0 aliphatic carbocycles. The van der Waals surface area contributed by atoms with Crippen LogP contribution in [0.2, 0.25) is 0 Å². The van der Waals surface area contributed by atoms with E-state index in [0.29, 0.717) is 32.4 Å². The maximum Gasteiger partial charge on any atom is 0.418 e. The Hall–Kier alpha value is -1.43. The van der Waals surface area contributed by atoms with Crippen molar-refractivity contribution in [3.63, 3.8) is 0 Å². The predicted molar refractivity (Wildman–Crippen MR) is 78.6 cm³/mol. The fourth-order valence-corrected chi connectivity index (χ4v) is 3.71. The van der Waals surface area contributed by atoms with Crippen molar-refractivity contribution in [3.05, 3.63) is 0 Å². The summed E-state index contributed by atoms with van der Waals surface area (Å²) in [7, 11) is -4.72. The van der Waals surface area contributed by atoms with E-state index in [0.717, 1.165) is 23.6 Å². The molecule has 0 saturated carbocycles. The lowest BCUT2D eigenvalue weighted by molar-refractivity contribution is -0.0316. The first-order valence-electron chi connectivity index (χ1n) is 7.58. The molecule has 0 radical (unpaired) electrons. The van der Waals surface area contributed by atoms with E-state index < -0.39 is 22.5 Å². The van der Waals surface area contributed by atoms with Crippen LogP contribution in [0.1, 0.15) is 32.1 Å². The molecule has 2 saturated heterocycles. The van der Waals surface area contributed by atoms with Crippen molar-refractivity contribution in [3.8, 4) is 0 Å². The molecule has 11 heteroatoms. The molecule has 3 aliphatic rings. The number of urea groups is 1. The van der Waals surface area contributed by atoms with Crippen LogP contribution in [0.15, 0.2) is 5.16 Å². The molecular weight excluding hydrogens is 328 g/mol. The molecule has 2 bridgehead atoms. The Labute approximate surface area is 134 Å². The highest BCUT2D eigenvalue weighted by molar-refractivity contribution is 7.80. The van der Waals surface area contributed by atoms with Gasteiger partial charge in [-0.1, -0.05) is 5.16 Å². The number of rotatable bonds is 6. The monoisotopic (exact) mass is 348 g/mol. The molecule has 2 fully saturated rings. The quantitative estimate of drug-likeness (QED) is 0.638. The second-order valence-corrected chi connectivity index (χ2v) is 6.96. The number of hydrogen-bond acceptors (Lipinski definition) is 7. The summed E-state index contributed by atoms with van der Waals surface area (Å²) in [5.41, 5.74) is 6.27. The third-order valence-electron chi connectivity index (χ3n) is 4.37. The van der Waals surface area contributed by atoms with Crippen molar-refractivity contribution < 1.29 is 26.9 Å². The zero-order valence-electron chi connectivity index (χ0n) is 12.5. The van der Waals surface area contributed by atoms with Crippen LogP contribution in [0.25, 0.3) is 0 Å². The van der Waals surface area contributed by atoms with Crippen molar-refractivity contribution in [1.29, 1.82) is 0 Å². The van der Waals surface area contributed by atoms with Crippen molar-refractivity contribution >= 4 is 22.1 Å². The lowest BCUT2D eigenvalue weighted by atomic mass is 9.94. The van der Waals surface area contributed by atoms with Crippen LogP contribution >= 0.6 is 0 Å². The summed E-state index contributed by atoms with van der Waals surface area (Å²) in [4.78, 5) is 19.2. The van der Waals surface area contributed by atoms with Crippen LogP contribution in [0.5, 0.6) is 0 Å². The first kappa shape index (κ1) is 16.4. The van der Waals surface area contributed by atoms with Gasteiger partial charge < -0.3 is 15.5 Å². The molecule has 0 spiro atoms. The minimum atomic E-state index is -4.72. The van der Waals surface area contributed by atoms with Gasteiger partial charge in [-0.15, -0.1) is 4.28 Å². The van der Waals surface area contributed by atoms with E-state index in [-0.39, 0.29) is 12.1 Å².